The summed E-state index contributed by atoms with van der Waals surface area (Å²) in [6.45, 7) is 3.80. The van der Waals surface area contributed by atoms with Crippen molar-refractivity contribution in [1.82, 2.24) is 5.32 Å². The third-order valence-corrected chi connectivity index (χ3v) is 3.46. The molecule has 0 amide bonds. The number of nitrogens with one attached hydrogen (secondary N) is 1. The first-order valence-electron chi connectivity index (χ1n) is 5.86. The van der Waals surface area contributed by atoms with Crippen LogP contribution < -0.4 is 5.32 Å². The maximum absolute atomic E-state index is 13.4. The van der Waals surface area contributed by atoms with Crippen molar-refractivity contribution in [1.29, 1.82) is 0 Å². The van der Waals surface area contributed by atoms with Crippen molar-refractivity contribution in [3.63, 3.8) is 0 Å². The summed E-state index contributed by atoms with van der Waals surface area (Å²) in [5, 5.41) is 13.1. The summed E-state index contributed by atoms with van der Waals surface area (Å²) in [5.74, 6) is 0.576. The highest BCUT2D eigenvalue weighted by Crippen LogP contribution is 2.28. The number of phenols is 1. The van der Waals surface area contributed by atoms with Crippen molar-refractivity contribution in [3.05, 3.63) is 29.1 Å². The minimum atomic E-state index is -0.221. The fraction of sp³-hybridized carbons (Fsp3) is 0.538. The summed E-state index contributed by atoms with van der Waals surface area (Å²) >= 11 is 0. The molecular formula is C13H18FNO. The van der Waals surface area contributed by atoms with E-state index in [0.717, 1.165) is 37.9 Å². The molecular weight excluding hydrogens is 205 g/mol. The summed E-state index contributed by atoms with van der Waals surface area (Å²) in [6.07, 6.45) is 3.00. The van der Waals surface area contributed by atoms with Crippen molar-refractivity contribution >= 4 is 0 Å². The van der Waals surface area contributed by atoms with Gasteiger partial charge in [0, 0.05) is 0 Å². The molecule has 2 rings (SSSR count). The Morgan fingerprint density at radius 3 is 2.75 bits per heavy atom. The molecule has 1 aromatic carbocycles. The second-order valence-electron chi connectivity index (χ2n) is 4.57. The van der Waals surface area contributed by atoms with E-state index in [-0.39, 0.29) is 11.6 Å². The maximum atomic E-state index is 13.4. The Morgan fingerprint density at radius 2 is 2.06 bits per heavy atom. The quantitative estimate of drug-likeness (QED) is 0.806. The van der Waals surface area contributed by atoms with Gasteiger partial charge in [0.15, 0.2) is 0 Å². The SMILES string of the molecule is Cc1c(F)ccc(O)c1CC1CCNCC1. The Hall–Kier alpha value is -1.09. The van der Waals surface area contributed by atoms with Crippen LogP contribution in [0, 0.1) is 18.7 Å². The van der Waals surface area contributed by atoms with E-state index >= 15 is 0 Å². The van der Waals surface area contributed by atoms with E-state index in [0.29, 0.717) is 11.5 Å². The number of hydrogen-bond acceptors (Lipinski definition) is 2. The molecule has 0 saturated carbocycles. The third-order valence-electron chi connectivity index (χ3n) is 3.46. The van der Waals surface area contributed by atoms with E-state index in [1.807, 2.05) is 0 Å². The molecule has 1 fully saturated rings. The van der Waals surface area contributed by atoms with Gasteiger partial charge in [-0.25, -0.2) is 4.39 Å². The molecule has 3 heteroatoms. The van der Waals surface area contributed by atoms with E-state index in [4.69, 9.17) is 0 Å². The molecule has 2 N–H and O–H groups in total. The predicted octanol–water partition coefficient (Wildman–Crippen LogP) is 2.38. The molecule has 0 unspecified atom stereocenters. The summed E-state index contributed by atoms with van der Waals surface area (Å²) in [7, 11) is 0. The molecule has 88 valence electrons. The van der Waals surface area contributed by atoms with Crippen LogP contribution in [0.3, 0.4) is 0 Å². The van der Waals surface area contributed by atoms with Gasteiger partial charge in [0.05, 0.1) is 0 Å². The van der Waals surface area contributed by atoms with Crippen molar-refractivity contribution in [2.75, 3.05) is 13.1 Å². The Balaban J connectivity index is 2.16. The van der Waals surface area contributed by atoms with E-state index in [1.54, 1.807) is 6.92 Å². The molecule has 1 aliphatic heterocycles. The second kappa shape index (κ2) is 4.83. The second-order valence-corrected chi connectivity index (χ2v) is 4.57. The first-order chi connectivity index (χ1) is 7.68. The maximum Gasteiger partial charge on any atom is 0.126 e. The van der Waals surface area contributed by atoms with E-state index in [9.17, 15) is 9.50 Å². The van der Waals surface area contributed by atoms with Gasteiger partial charge in [0.2, 0.25) is 0 Å². The summed E-state index contributed by atoms with van der Waals surface area (Å²) in [4.78, 5) is 0. The van der Waals surface area contributed by atoms with Crippen LogP contribution in [-0.2, 0) is 6.42 Å². The number of benzene rings is 1. The number of piperidine rings is 1. The lowest BCUT2D eigenvalue weighted by Crippen LogP contribution is -2.28. The highest BCUT2D eigenvalue weighted by Gasteiger charge is 2.17. The predicted molar refractivity (Wildman–Crippen MR) is 62.1 cm³/mol. The van der Waals surface area contributed by atoms with Crippen LogP contribution in [0.25, 0.3) is 0 Å². The van der Waals surface area contributed by atoms with Crippen molar-refractivity contribution in [3.8, 4) is 5.75 Å². The molecule has 0 aromatic heterocycles. The summed E-state index contributed by atoms with van der Waals surface area (Å²) in [6, 6.07) is 2.79. The minimum absolute atomic E-state index is 0.221. The Morgan fingerprint density at radius 1 is 1.38 bits per heavy atom. The van der Waals surface area contributed by atoms with Crippen LogP contribution in [0.1, 0.15) is 24.0 Å². The lowest BCUT2D eigenvalue weighted by Gasteiger charge is -2.23. The van der Waals surface area contributed by atoms with Crippen LogP contribution in [-0.4, -0.2) is 18.2 Å². The molecule has 0 bridgehead atoms. The number of aromatic hydroxyl groups is 1. The summed E-state index contributed by atoms with van der Waals surface area (Å²) in [5.41, 5.74) is 1.38. The zero-order chi connectivity index (χ0) is 11.5. The average molecular weight is 223 g/mol. The molecule has 1 aliphatic rings. The fourth-order valence-electron chi connectivity index (χ4n) is 2.35. The number of hydrogen-bond donors (Lipinski definition) is 2. The highest BCUT2D eigenvalue weighted by molar-refractivity contribution is 5.39. The molecule has 0 radical (unpaired) electrons. The standard InChI is InChI=1S/C13H18FNO/c1-9-11(13(16)3-2-12(9)14)8-10-4-6-15-7-5-10/h2-3,10,15-16H,4-8H2,1H3. The normalized spacial score (nSPS) is 17.6. The Kier molecular flexibility index (Phi) is 3.44. The van der Waals surface area contributed by atoms with E-state index in [2.05, 4.69) is 5.32 Å². The van der Waals surface area contributed by atoms with Gasteiger partial charge >= 0.3 is 0 Å². The Bertz CT molecular complexity index is 372. The topological polar surface area (TPSA) is 32.3 Å². The van der Waals surface area contributed by atoms with Gasteiger partial charge < -0.3 is 10.4 Å². The van der Waals surface area contributed by atoms with Gasteiger partial charge in [-0.2, -0.15) is 0 Å². The number of rotatable bonds is 2. The zero-order valence-electron chi connectivity index (χ0n) is 9.59. The van der Waals surface area contributed by atoms with Gasteiger partial charge in [0.25, 0.3) is 0 Å². The Labute approximate surface area is 95.5 Å². The van der Waals surface area contributed by atoms with Crippen LogP contribution in [0.2, 0.25) is 0 Å². The van der Waals surface area contributed by atoms with Crippen LogP contribution >= 0.6 is 0 Å². The molecule has 1 heterocycles. The van der Waals surface area contributed by atoms with Crippen molar-refractivity contribution in [2.24, 2.45) is 5.92 Å². The monoisotopic (exact) mass is 223 g/mol. The van der Waals surface area contributed by atoms with Crippen LogP contribution in [0.5, 0.6) is 5.75 Å². The smallest absolute Gasteiger partial charge is 0.126 e. The largest absolute Gasteiger partial charge is 0.508 e. The third kappa shape index (κ3) is 2.35. The van der Waals surface area contributed by atoms with Gasteiger partial charge in [-0.05, 0) is 68.5 Å². The fourth-order valence-corrected chi connectivity index (χ4v) is 2.35. The first kappa shape index (κ1) is 11.4. The average Bonchev–Trinajstić information content (AvgIpc) is 2.31. The number of halogens is 1. The van der Waals surface area contributed by atoms with Crippen LogP contribution in [0.4, 0.5) is 4.39 Å². The summed E-state index contributed by atoms with van der Waals surface area (Å²) < 4.78 is 13.4. The minimum Gasteiger partial charge on any atom is -0.508 e. The highest BCUT2D eigenvalue weighted by atomic mass is 19.1. The van der Waals surface area contributed by atoms with Gasteiger partial charge in [0.1, 0.15) is 11.6 Å². The van der Waals surface area contributed by atoms with Crippen LogP contribution in [0.15, 0.2) is 12.1 Å². The first-order valence-corrected chi connectivity index (χ1v) is 5.86. The van der Waals surface area contributed by atoms with E-state index in [1.165, 1.54) is 12.1 Å². The van der Waals surface area contributed by atoms with Crippen molar-refractivity contribution < 1.29 is 9.50 Å². The molecule has 0 atom stereocenters. The van der Waals surface area contributed by atoms with E-state index < -0.39 is 0 Å². The molecule has 16 heavy (non-hydrogen) atoms. The molecule has 0 aliphatic carbocycles. The lowest BCUT2D eigenvalue weighted by atomic mass is 9.89. The van der Waals surface area contributed by atoms with Gasteiger partial charge in [-0.1, -0.05) is 0 Å². The lowest BCUT2D eigenvalue weighted by molar-refractivity contribution is 0.365. The molecule has 1 aromatic rings. The van der Waals surface area contributed by atoms with Crippen molar-refractivity contribution in [2.45, 2.75) is 26.2 Å². The zero-order valence-corrected chi connectivity index (χ0v) is 9.59. The van der Waals surface area contributed by atoms with Gasteiger partial charge in [-0.15, -0.1) is 0 Å². The molecule has 0 spiro atoms. The molecule has 1 saturated heterocycles. The molecule has 2 nitrogen and oxygen atoms in total. The van der Waals surface area contributed by atoms with Gasteiger partial charge in [-0.3, -0.25) is 0 Å². The number of phenolic OH excluding ortho intramolecular Hbond substituents is 1.